The quantitative estimate of drug-likeness (QED) is 0.0647. The van der Waals surface area contributed by atoms with E-state index in [1.165, 1.54) is 23.1 Å². The number of likely N-dealkylation sites (N-methyl/N-ethyl adjacent to an activating group) is 1. The summed E-state index contributed by atoms with van der Waals surface area (Å²) in [5.74, 6) is 0. The van der Waals surface area contributed by atoms with Gasteiger partial charge in [0.2, 0.25) is 12.2 Å². The van der Waals surface area contributed by atoms with Gasteiger partial charge in [0.25, 0.3) is 0 Å². The van der Waals surface area contributed by atoms with E-state index >= 15 is 0 Å². The van der Waals surface area contributed by atoms with Crippen molar-refractivity contribution in [1.29, 1.82) is 0 Å². The second-order valence-corrected chi connectivity index (χ2v) is 25.1. The van der Waals surface area contributed by atoms with Gasteiger partial charge in [0.15, 0.2) is 0 Å². The first-order chi connectivity index (χ1) is 29.0. The second kappa shape index (κ2) is 27.3. The van der Waals surface area contributed by atoms with E-state index in [1.807, 2.05) is 20.8 Å². The number of amides is 8. The first-order valence-electron chi connectivity index (χ1n) is 22.2. The molecule has 21 heteroatoms. The Morgan fingerprint density at radius 3 is 2.00 bits per heavy atom. The largest absolute Gasteiger partial charge is 0.413 e. The number of nitrogens with zero attached hydrogens (tertiary/aromatic N) is 6. The summed E-state index contributed by atoms with van der Waals surface area (Å²) < 4.78 is 21.2. The molecule has 0 aromatic rings. The molecule has 0 radical (unpaired) electrons. The Morgan fingerprint density at radius 1 is 0.852 bits per heavy atom. The van der Waals surface area contributed by atoms with Crippen molar-refractivity contribution >= 4 is 53.4 Å². The van der Waals surface area contributed by atoms with Crippen molar-refractivity contribution < 1.29 is 41.7 Å². The van der Waals surface area contributed by atoms with Gasteiger partial charge in [-0.1, -0.05) is 60.3 Å². The van der Waals surface area contributed by atoms with E-state index in [1.54, 1.807) is 15.9 Å². The molecule has 4 N–H and O–H groups in total. The highest BCUT2D eigenvalue weighted by molar-refractivity contribution is 6.83. The molecule has 19 nitrogen and oxygen atoms in total. The summed E-state index contributed by atoms with van der Waals surface area (Å²) in [4.78, 5) is 86.3. The number of aliphatic imine (C=N–C) groups is 2. The van der Waals surface area contributed by atoms with Crippen molar-refractivity contribution in [2.45, 2.75) is 142 Å². The minimum Gasteiger partial charge on any atom is -0.413 e. The predicted molar refractivity (Wildman–Crippen MR) is 238 cm³/mol. The summed E-state index contributed by atoms with van der Waals surface area (Å²) in [5, 5.41) is 14.2. The van der Waals surface area contributed by atoms with Crippen LogP contribution < -0.4 is 21.3 Å². The molecule has 2 fully saturated rings. The number of carbonyl (C=O) groups excluding carboxylic acids is 6. The molecule has 0 saturated carbocycles. The lowest BCUT2D eigenvalue weighted by Crippen LogP contribution is -2.64. The number of hydrogen-bond acceptors (Lipinski definition) is 11. The smallest absolute Gasteiger partial charge is 0.352 e. The fourth-order valence-corrected chi connectivity index (χ4v) is 17.2. The van der Waals surface area contributed by atoms with Crippen LogP contribution in [0.15, 0.2) is 9.98 Å². The second-order valence-electron chi connectivity index (χ2n) is 17.2. The highest BCUT2D eigenvalue weighted by Gasteiger charge is 2.60. The maximum absolute atomic E-state index is 14.1. The van der Waals surface area contributed by atoms with Crippen molar-refractivity contribution in [3.05, 3.63) is 0 Å². The van der Waals surface area contributed by atoms with Gasteiger partial charge < -0.3 is 44.0 Å². The molecule has 61 heavy (non-hydrogen) atoms. The normalized spacial score (nSPS) is 23.6. The zero-order valence-corrected chi connectivity index (χ0v) is 40.4. The number of nitrogens with one attached hydrogen (secondary N) is 4. The van der Waals surface area contributed by atoms with Gasteiger partial charge in [-0.25, -0.2) is 48.8 Å². The fourth-order valence-electron chi connectivity index (χ4n) is 7.12. The summed E-state index contributed by atoms with van der Waals surface area (Å²) in [6.45, 7) is 19.0. The summed E-state index contributed by atoms with van der Waals surface area (Å²) in [6.07, 6.45) is 9.53. The predicted octanol–water partition coefficient (Wildman–Crippen LogP) is 5.27. The van der Waals surface area contributed by atoms with Crippen molar-refractivity contribution in [1.82, 2.24) is 41.1 Å². The molecular formula is C40H76N10O9Si2. The van der Waals surface area contributed by atoms with E-state index in [2.05, 4.69) is 65.9 Å². The molecule has 4 unspecified atom stereocenters. The van der Waals surface area contributed by atoms with Crippen LogP contribution in [0.3, 0.4) is 0 Å². The molecule has 348 valence electrons. The molecule has 0 aliphatic carbocycles. The standard InChI is InChI=1S/C40H76N10O9Si2/c1-10-48-25-26-49(37(54)44-23-18-14-12-16-21-42-31-52)27-28-50(47(9)36(53)43-22-17-13-11-15-20-41-30-51)39(56)45-24-19-29-61(40(6,7)8)58-35(5)34(4)57-60(59-61,33(2)3)32-46-38(48)55/h33-35H,10-29,32H2,1-9H3,(H,43,53)(H,44,54)(H,45,56)(H,46,55). The highest BCUT2D eigenvalue weighted by atomic mass is 28.5. The third kappa shape index (κ3) is 17.4. The van der Waals surface area contributed by atoms with E-state index in [0.29, 0.717) is 58.0 Å². The van der Waals surface area contributed by atoms with E-state index < -0.39 is 34.2 Å². The van der Waals surface area contributed by atoms with Gasteiger partial charge in [-0.3, -0.25) is 0 Å². The Hall–Kier alpha value is -3.85. The molecule has 2 rings (SSSR count). The van der Waals surface area contributed by atoms with Crippen LogP contribution >= 0.6 is 0 Å². The number of unbranched alkanes of at least 4 members (excludes halogenated alkanes) is 6. The number of fused-ring (bicyclic) bond motifs is 2. The fraction of sp³-hybridized carbons (Fsp3) is 0.850. The number of hydrogen-bond donors (Lipinski definition) is 4. The number of rotatable bonds is 17. The van der Waals surface area contributed by atoms with Gasteiger partial charge in [-0.2, -0.15) is 0 Å². The molecular weight excluding hydrogens is 821 g/mol. The number of urea groups is 4. The average molecular weight is 897 g/mol. The van der Waals surface area contributed by atoms with Crippen molar-refractivity contribution in [2.75, 3.05) is 78.7 Å². The van der Waals surface area contributed by atoms with E-state index in [4.69, 9.17) is 13.0 Å². The molecule has 2 aliphatic rings. The molecule has 0 spiro atoms. The third-order valence-corrected chi connectivity index (χ3v) is 21.3. The zero-order valence-electron chi connectivity index (χ0n) is 38.4. The van der Waals surface area contributed by atoms with Crippen molar-refractivity contribution in [3.8, 4) is 0 Å². The topological polar surface area (TPSA) is 216 Å². The molecule has 8 amide bonds. The lowest BCUT2D eigenvalue weighted by atomic mass is 10.2. The van der Waals surface area contributed by atoms with Gasteiger partial charge >= 0.3 is 41.2 Å². The van der Waals surface area contributed by atoms with Crippen molar-refractivity contribution in [3.63, 3.8) is 0 Å². The molecule has 2 heterocycles. The Kier molecular flexibility index (Phi) is 23.8. The van der Waals surface area contributed by atoms with E-state index in [9.17, 15) is 28.8 Å². The highest BCUT2D eigenvalue weighted by Crippen LogP contribution is 2.47. The Balaban J connectivity index is 2.44. The lowest BCUT2D eigenvalue weighted by Gasteiger charge is -2.46. The minimum absolute atomic E-state index is 0.0157. The van der Waals surface area contributed by atoms with Crippen LogP contribution in [0.25, 0.3) is 0 Å². The Morgan fingerprint density at radius 2 is 1.43 bits per heavy atom. The monoisotopic (exact) mass is 897 g/mol. The summed E-state index contributed by atoms with van der Waals surface area (Å²) in [7, 11) is -4.82. The number of hydrazine groups is 1. The maximum atomic E-state index is 14.1. The van der Waals surface area contributed by atoms with Gasteiger partial charge in [-0.05, 0) is 64.5 Å². The van der Waals surface area contributed by atoms with Gasteiger partial charge in [0.1, 0.15) is 0 Å². The van der Waals surface area contributed by atoms with Crippen LogP contribution in [-0.4, -0.2) is 164 Å². The summed E-state index contributed by atoms with van der Waals surface area (Å²) in [5.41, 5.74) is -0.0406. The molecule has 0 aromatic heterocycles. The van der Waals surface area contributed by atoms with Gasteiger partial charge in [0, 0.05) is 57.9 Å². The first-order valence-corrected chi connectivity index (χ1v) is 26.3. The lowest BCUT2D eigenvalue weighted by molar-refractivity contribution is 0.0595. The number of isocyanates is 2. The Bertz CT molecular complexity index is 1480. The van der Waals surface area contributed by atoms with E-state index in [0.717, 1.165) is 38.5 Å². The third-order valence-electron chi connectivity index (χ3n) is 11.4. The van der Waals surface area contributed by atoms with Crippen LogP contribution in [0.1, 0.15) is 113 Å². The molecule has 2 saturated heterocycles. The van der Waals surface area contributed by atoms with E-state index in [-0.39, 0.29) is 68.7 Å². The van der Waals surface area contributed by atoms with Crippen LogP contribution in [0.5, 0.6) is 0 Å². The molecule has 2 bridgehead atoms. The van der Waals surface area contributed by atoms with Gasteiger partial charge in [0.05, 0.1) is 38.0 Å². The maximum Gasteiger partial charge on any atom is 0.352 e. The first kappa shape index (κ1) is 53.3. The molecule has 0 aromatic carbocycles. The summed E-state index contributed by atoms with van der Waals surface area (Å²) in [6, 6.07) is -1.10. The van der Waals surface area contributed by atoms with Crippen LogP contribution in [-0.2, 0) is 22.6 Å². The van der Waals surface area contributed by atoms with Gasteiger partial charge in [-0.15, -0.1) is 0 Å². The van der Waals surface area contributed by atoms with Crippen LogP contribution in [0, 0.1) is 0 Å². The zero-order chi connectivity index (χ0) is 45.5. The minimum atomic E-state index is -3.20. The molecule has 4 atom stereocenters. The van der Waals surface area contributed by atoms with Crippen LogP contribution in [0.4, 0.5) is 19.2 Å². The Labute approximate surface area is 366 Å². The van der Waals surface area contributed by atoms with Crippen LogP contribution in [0.2, 0.25) is 16.6 Å². The SMILES string of the molecule is CCN1CCN(C(=O)NCCCCCCN=C=O)CCN(N(C)C(=O)NCCCCCCN=C=O)C(=O)NCCC[Si]2(C(C)(C)C)OC(C)C(C)O[Si](C(C)C)(CNC1=O)O2. The molecule has 2 aliphatic heterocycles. The average Bonchev–Trinajstić information content (AvgIpc) is 3.33. The summed E-state index contributed by atoms with van der Waals surface area (Å²) >= 11 is 0. The van der Waals surface area contributed by atoms with Crippen molar-refractivity contribution in [2.24, 2.45) is 9.98 Å². The number of carbonyl (C=O) groups is 4.